The van der Waals surface area contributed by atoms with Crippen molar-refractivity contribution in [2.45, 2.75) is 46.5 Å². The summed E-state index contributed by atoms with van der Waals surface area (Å²) in [5.74, 6) is -0.199. The van der Waals surface area contributed by atoms with Gasteiger partial charge in [-0.2, -0.15) is 0 Å². The molecule has 16 heavy (non-hydrogen) atoms. The molecule has 0 aliphatic rings. The van der Waals surface area contributed by atoms with E-state index in [4.69, 9.17) is 0 Å². The summed E-state index contributed by atoms with van der Waals surface area (Å²) in [6.45, 7) is 8.63. The number of carbonyl (C=O) groups excluding carboxylic acids is 1. The van der Waals surface area contributed by atoms with Gasteiger partial charge in [0.25, 0.3) is 5.91 Å². The molecule has 1 N–H and O–H groups in total. The Morgan fingerprint density at radius 3 is 1.94 bits per heavy atom. The van der Waals surface area contributed by atoms with Crippen LogP contribution < -0.4 is 0 Å². The predicted molar refractivity (Wildman–Crippen MR) is 65.4 cm³/mol. The largest absolute Gasteiger partial charge is 0.294 e. The first kappa shape index (κ1) is 15.4. The van der Waals surface area contributed by atoms with Crippen LogP contribution in [0, 0.1) is 0 Å². The molecule has 0 radical (unpaired) electrons. The van der Waals surface area contributed by atoms with Crippen molar-refractivity contribution in [1.29, 1.82) is 0 Å². The summed E-state index contributed by atoms with van der Waals surface area (Å²) in [4.78, 5) is 13.7. The first-order valence-electron chi connectivity index (χ1n) is 6.37. The molecule has 0 aromatic carbocycles. The average molecular weight is 230 g/mol. The van der Waals surface area contributed by atoms with Gasteiger partial charge in [0.15, 0.2) is 0 Å². The van der Waals surface area contributed by atoms with Crippen molar-refractivity contribution in [3.63, 3.8) is 0 Å². The van der Waals surface area contributed by atoms with Gasteiger partial charge in [-0.3, -0.25) is 14.9 Å². The van der Waals surface area contributed by atoms with Gasteiger partial charge in [0, 0.05) is 6.54 Å². The van der Waals surface area contributed by atoms with Gasteiger partial charge in [-0.15, -0.1) is 0 Å². The lowest BCUT2D eigenvalue weighted by Gasteiger charge is -2.23. The van der Waals surface area contributed by atoms with Crippen LogP contribution in [-0.4, -0.2) is 47.3 Å². The summed E-state index contributed by atoms with van der Waals surface area (Å²) < 4.78 is 0. The summed E-state index contributed by atoms with van der Waals surface area (Å²) in [5.41, 5.74) is 0. The van der Waals surface area contributed by atoms with Crippen LogP contribution in [0.25, 0.3) is 0 Å². The minimum atomic E-state index is -0.199. The van der Waals surface area contributed by atoms with E-state index in [9.17, 15) is 10.0 Å². The zero-order chi connectivity index (χ0) is 12.4. The van der Waals surface area contributed by atoms with Crippen LogP contribution in [0.5, 0.6) is 0 Å². The molecule has 96 valence electrons. The highest BCUT2D eigenvalue weighted by Crippen LogP contribution is 2.00. The third-order valence-corrected chi connectivity index (χ3v) is 2.60. The van der Waals surface area contributed by atoms with Crippen molar-refractivity contribution in [2.24, 2.45) is 0 Å². The average Bonchev–Trinajstić information content (AvgIpc) is 2.31. The van der Waals surface area contributed by atoms with E-state index in [1.54, 1.807) is 6.92 Å². The first-order chi connectivity index (χ1) is 7.65. The third-order valence-electron chi connectivity index (χ3n) is 2.60. The Bertz CT molecular complexity index is 178. The second-order valence-electron chi connectivity index (χ2n) is 4.09. The second-order valence-corrected chi connectivity index (χ2v) is 4.09. The number of nitrogens with zero attached hydrogens (tertiary/aromatic N) is 2. The monoisotopic (exact) mass is 230 g/mol. The number of hydrogen-bond donors (Lipinski definition) is 1. The molecule has 0 aromatic heterocycles. The highest BCUT2D eigenvalue weighted by Gasteiger charge is 2.13. The molecule has 0 aromatic rings. The van der Waals surface area contributed by atoms with Crippen LogP contribution in [0.2, 0.25) is 0 Å². The molecule has 0 atom stereocenters. The smallest absolute Gasteiger partial charge is 0.260 e. The van der Waals surface area contributed by atoms with Crippen LogP contribution in [0.1, 0.15) is 46.5 Å². The fraction of sp³-hybridized carbons (Fsp3) is 0.917. The van der Waals surface area contributed by atoms with Crippen LogP contribution in [-0.2, 0) is 4.79 Å². The van der Waals surface area contributed by atoms with Crippen LogP contribution in [0.15, 0.2) is 0 Å². The molecule has 0 unspecified atom stereocenters. The van der Waals surface area contributed by atoms with Crippen LogP contribution in [0.3, 0.4) is 0 Å². The highest BCUT2D eigenvalue weighted by molar-refractivity contribution is 5.76. The number of carbonyl (C=O) groups is 1. The van der Waals surface area contributed by atoms with Crippen molar-refractivity contribution in [3.05, 3.63) is 0 Å². The van der Waals surface area contributed by atoms with E-state index in [1.807, 2.05) is 0 Å². The molecule has 0 rings (SSSR count). The molecule has 0 fully saturated rings. The van der Waals surface area contributed by atoms with E-state index in [0.29, 0.717) is 13.1 Å². The first-order valence-corrected chi connectivity index (χ1v) is 6.37. The van der Waals surface area contributed by atoms with Gasteiger partial charge in [0.05, 0.1) is 6.54 Å². The van der Waals surface area contributed by atoms with Gasteiger partial charge >= 0.3 is 0 Å². The Balaban J connectivity index is 4.02. The molecule has 0 saturated carbocycles. The Labute approximate surface area is 99.2 Å². The molecule has 0 spiro atoms. The van der Waals surface area contributed by atoms with Crippen molar-refractivity contribution in [2.75, 3.05) is 26.2 Å². The van der Waals surface area contributed by atoms with E-state index < -0.39 is 0 Å². The second kappa shape index (κ2) is 9.60. The molecule has 0 aliphatic carbocycles. The van der Waals surface area contributed by atoms with Gasteiger partial charge in [-0.1, -0.05) is 26.7 Å². The van der Waals surface area contributed by atoms with Gasteiger partial charge < -0.3 is 0 Å². The fourth-order valence-corrected chi connectivity index (χ4v) is 1.48. The lowest BCUT2D eigenvalue weighted by Crippen LogP contribution is -2.39. The predicted octanol–water partition coefficient (Wildman–Crippen LogP) is 2.13. The minimum absolute atomic E-state index is 0.199. The summed E-state index contributed by atoms with van der Waals surface area (Å²) in [5, 5.41) is 10.1. The van der Waals surface area contributed by atoms with Crippen molar-refractivity contribution >= 4 is 5.91 Å². The summed E-state index contributed by atoms with van der Waals surface area (Å²) >= 11 is 0. The molecular weight excluding hydrogens is 204 g/mol. The number of hydroxylamine groups is 2. The number of amides is 1. The number of hydrogen-bond acceptors (Lipinski definition) is 3. The molecule has 0 aliphatic heterocycles. The van der Waals surface area contributed by atoms with E-state index >= 15 is 0 Å². The number of rotatable bonds is 9. The standard InChI is InChI=1S/C12H26N2O2/c1-4-7-9-13(10-8-5-2)11-12(15)14(16)6-3/h16H,4-11H2,1-3H3. The maximum Gasteiger partial charge on any atom is 0.260 e. The zero-order valence-corrected chi connectivity index (χ0v) is 10.9. The molecule has 0 heterocycles. The molecule has 0 saturated heterocycles. The maximum absolute atomic E-state index is 11.5. The van der Waals surface area contributed by atoms with Gasteiger partial charge in [0.1, 0.15) is 0 Å². The van der Waals surface area contributed by atoms with Crippen molar-refractivity contribution in [1.82, 2.24) is 9.96 Å². The van der Waals surface area contributed by atoms with E-state index in [-0.39, 0.29) is 5.91 Å². The SMILES string of the molecule is CCCCN(CCCC)CC(=O)N(O)CC. The lowest BCUT2D eigenvalue weighted by molar-refractivity contribution is -0.165. The Kier molecular flexibility index (Phi) is 9.24. The third kappa shape index (κ3) is 6.80. The molecule has 1 amide bonds. The van der Waals surface area contributed by atoms with E-state index in [0.717, 1.165) is 43.8 Å². The molecular formula is C12H26N2O2. The molecule has 4 nitrogen and oxygen atoms in total. The van der Waals surface area contributed by atoms with Crippen molar-refractivity contribution < 1.29 is 10.0 Å². The topological polar surface area (TPSA) is 43.8 Å². The highest BCUT2D eigenvalue weighted by atomic mass is 16.5. The normalized spacial score (nSPS) is 10.8. The van der Waals surface area contributed by atoms with Crippen LogP contribution >= 0.6 is 0 Å². The van der Waals surface area contributed by atoms with Gasteiger partial charge in [0.2, 0.25) is 0 Å². The van der Waals surface area contributed by atoms with Gasteiger partial charge in [-0.05, 0) is 32.9 Å². The number of unbranched alkanes of at least 4 members (excludes halogenated alkanes) is 2. The molecule has 4 heteroatoms. The summed E-state index contributed by atoms with van der Waals surface area (Å²) in [7, 11) is 0. The quantitative estimate of drug-likeness (QED) is 0.487. The minimum Gasteiger partial charge on any atom is -0.294 e. The van der Waals surface area contributed by atoms with Crippen molar-refractivity contribution in [3.8, 4) is 0 Å². The summed E-state index contributed by atoms with van der Waals surface area (Å²) in [6, 6.07) is 0. The number of likely N-dealkylation sites (N-methyl/N-ethyl adjacent to an activating group) is 1. The lowest BCUT2D eigenvalue weighted by atomic mass is 10.2. The van der Waals surface area contributed by atoms with Crippen LogP contribution in [0.4, 0.5) is 0 Å². The maximum atomic E-state index is 11.5. The molecule has 0 bridgehead atoms. The zero-order valence-electron chi connectivity index (χ0n) is 10.9. The van der Waals surface area contributed by atoms with E-state index in [1.165, 1.54) is 0 Å². The fourth-order valence-electron chi connectivity index (χ4n) is 1.48. The Morgan fingerprint density at radius 2 is 1.56 bits per heavy atom. The Morgan fingerprint density at radius 1 is 1.06 bits per heavy atom. The Hall–Kier alpha value is -0.610. The van der Waals surface area contributed by atoms with Gasteiger partial charge in [-0.25, -0.2) is 5.06 Å². The van der Waals surface area contributed by atoms with E-state index in [2.05, 4.69) is 18.7 Å². The summed E-state index contributed by atoms with van der Waals surface area (Å²) in [6.07, 6.45) is 4.48.